The molecule has 0 saturated heterocycles. The molecule has 0 atom stereocenters. The zero-order chi connectivity index (χ0) is 19.8. The Morgan fingerprint density at radius 2 is 1.64 bits per heavy atom. The van der Waals surface area contributed by atoms with Crippen molar-refractivity contribution in [3.63, 3.8) is 0 Å². The molecule has 1 amide bonds. The number of benzene rings is 3. The first kappa shape index (κ1) is 17.5. The zero-order valence-corrected chi connectivity index (χ0v) is 14.8. The predicted molar refractivity (Wildman–Crippen MR) is 105 cm³/mol. The number of hydrogen-bond acceptors (Lipinski definition) is 7. The van der Waals surface area contributed by atoms with Crippen molar-refractivity contribution in [1.82, 2.24) is 4.98 Å². The van der Waals surface area contributed by atoms with Crippen molar-refractivity contribution >= 4 is 54.7 Å². The van der Waals surface area contributed by atoms with Crippen LogP contribution in [0.1, 0.15) is 10.4 Å². The van der Waals surface area contributed by atoms with Gasteiger partial charge in [0.05, 0.1) is 31.7 Å². The van der Waals surface area contributed by atoms with Gasteiger partial charge in [-0.2, -0.15) is 0 Å². The molecule has 0 aliphatic carbocycles. The van der Waals surface area contributed by atoms with E-state index in [4.69, 9.17) is 0 Å². The lowest BCUT2D eigenvalue weighted by molar-refractivity contribution is -0.394. The van der Waals surface area contributed by atoms with Crippen molar-refractivity contribution < 1.29 is 14.6 Å². The fourth-order valence-electron chi connectivity index (χ4n) is 2.82. The van der Waals surface area contributed by atoms with Gasteiger partial charge in [0.2, 0.25) is 0 Å². The van der Waals surface area contributed by atoms with Gasteiger partial charge in [0.25, 0.3) is 17.3 Å². The lowest BCUT2D eigenvalue weighted by atomic mass is 10.1. The van der Waals surface area contributed by atoms with Gasteiger partial charge in [-0.1, -0.05) is 41.7 Å². The predicted octanol–water partition coefficient (Wildman–Crippen LogP) is 4.52. The monoisotopic (exact) mass is 394 g/mol. The number of nitrogens with zero attached hydrogens (tertiary/aromatic N) is 3. The molecule has 28 heavy (non-hydrogen) atoms. The summed E-state index contributed by atoms with van der Waals surface area (Å²) in [5.74, 6) is -0.713. The Balaban J connectivity index is 1.71. The van der Waals surface area contributed by atoms with Gasteiger partial charge in [0.1, 0.15) is 0 Å². The maximum Gasteiger partial charge on any atom is 0.277 e. The maximum atomic E-state index is 12.5. The maximum absolute atomic E-state index is 12.5. The van der Waals surface area contributed by atoms with E-state index < -0.39 is 27.1 Å². The van der Waals surface area contributed by atoms with Gasteiger partial charge in [-0.15, -0.1) is 0 Å². The molecule has 0 unspecified atom stereocenters. The molecular formula is C18H10N4O5S. The third-order valence-corrected chi connectivity index (χ3v) is 5.11. The minimum absolute atomic E-state index is 0.190. The Labute approximate surface area is 160 Å². The van der Waals surface area contributed by atoms with Crippen molar-refractivity contribution in [3.8, 4) is 0 Å². The summed E-state index contributed by atoms with van der Waals surface area (Å²) in [5, 5.41) is 26.9. The molecule has 1 heterocycles. The Kier molecular flexibility index (Phi) is 4.17. The molecule has 0 radical (unpaired) electrons. The second-order valence-corrected chi connectivity index (χ2v) is 6.86. The van der Waals surface area contributed by atoms with Crippen molar-refractivity contribution in [1.29, 1.82) is 0 Å². The van der Waals surface area contributed by atoms with Crippen LogP contribution in [0, 0.1) is 20.2 Å². The minimum Gasteiger partial charge on any atom is -0.298 e. The van der Waals surface area contributed by atoms with Gasteiger partial charge in [-0.25, -0.2) is 4.98 Å². The highest BCUT2D eigenvalue weighted by Crippen LogP contribution is 2.33. The van der Waals surface area contributed by atoms with E-state index in [2.05, 4.69) is 10.3 Å². The van der Waals surface area contributed by atoms with Crippen LogP contribution < -0.4 is 5.32 Å². The van der Waals surface area contributed by atoms with Crippen LogP contribution in [0.25, 0.3) is 21.0 Å². The van der Waals surface area contributed by atoms with Crippen LogP contribution in [0.15, 0.2) is 54.6 Å². The molecule has 10 heteroatoms. The Morgan fingerprint density at radius 1 is 0.964 bits per heavy atom. The molecule has 4 rings (SSSR count). The molecule has 0 aliphatic heterocycles. The number of non-ortho nitro benzene ring substituents is 2. The highest BCUT2D eigenvalue weighted by Gasteiger charge is 2.20. The van der Waals surface area contributed by atoms with Gasteiger partial charge in [0.15, 0.2) is 5.13 Å². The number of carbonyl (C=O) groups excluding carboxylic acids is 1. The summed E-state index contributed by atoms with van der Waals surface area (Å²) < 4.78 is 0.887. The van der Waals surface area contributed by atoms with E-state index in [1.807, 2.05) is 36.4 Å². The number of thiazole rings is 1. The smallest absolute Gasteiger partial charge is 0.277 e. The summed E-state index contributed by atoms with van der Waals surface area (Å²) in [6.07, 6.45) is 0. The normalized spacial score (nSPS) is 10.9. The average Bonchev–Trinajstić information content (AvgIpc) is 3.10. The molecular weight excluding hydrogens is 384 g/mol. The number of fused-ring (bicyclic) bond motifs is 3. The standard InChI is InChI=1S/C18H10N4O5S/c23-17(11-7-12(21(24)25)9-13(8-11)22(26)27)20-18-19-15-6-5-10-3-1-2-4-14(10)16(15)28-18/h1-9H,(H,19,20,23). The summed E-state index contributed by atoms with van der Waals surface area (Å²) in [5.41, 5.74) is -0.557. The molecule has 0 bridgehead atoms. The summed E-state index contributed by atoms with van der Waals surface area (Å²) in [7, 11) is 0. The first-order valence-corrected chi connectivity index (χ1v) is 8.77. The number of anilines is 1. The fourth-order valence-corrected chi connectivity index (χ4v) is 3.81. The number of nitrogens with one attached hydrogen (secondary N) is 1. The van der Waals surface area contributed by atoms with E-state index >= 15 is 0 Å². The summed E-state index contributed by atoms with van der Waals surface area (Å²) in [6.45, 7) is 0. The number of hydrogen-bond donors (Lipinski definition) is 1. The van der Waals surface area contributed by atoms with Gasteiger partial charge >= 0.3 is 0 Å². The van der Waals surface area contributed by atoms with Gasteiger partial charge in [0, 0.05) is 17.5 Å². The number of nitro benzene ring substituents is 2. The minimum atomic E-state index is -0.784. The van der Waals surface area contributed by atoms with Crippen molar-refractivity contribution in [2.45, 2.75) is 0 Å². The zero-order valence-electron chi connectivity index (χ0n) is 14.0. The van der Waals surface area contributed by atoms with Crippen LogP contribution in [0.4, 0.5) is 16.5 Å². The molecule has 1 N–H and O–H groups in total. The molecule has 3 aromatic carbocycles. The molecule has 0 saturated carbocycles. The molecule has 9 nitrogen and oxygen atoms in total. The largest absolute Gasteiger partial charge is 0.298 e. The van der Waals surface area contributed by atoms with E-state index in [1.165, 1.54) is 11.3 Å². The van der Waals surface area contributed by atoms with Crippen LogP contribution in [0.5, 0.6) is 0 Å². The van der Waals surface area contributed by atoms with Crippen LogP contribution in [0.2, 0.25) is 0 Å². The summed E-state index contributed by atoms with van der Waals surface area (Å²) in [4.78, 5) is 37.3. The highest BCUT2D eigenvalue weighted by atomic mass is 32.1. The number of aromatic nitrogens is 1. The van der Waals surface area contributed by atoms with Crippen LogP contribution in [-0.4, -0.2) is 20.7 Å². The lowest BCUT2D eigenvalue weighted by Crippen LogP contribution is -2.12. The number of nitro groups is 2. The highest BCUT2D eigenvalue weighted by molar-refractivity contribution is 7.23. The summed E-state index contributed by atoms with van der Waals surface area (Å²) in [6, 6.07) is 14.3. The first-order valence-electron chi connectivity index (χ1n) is 7.96. The molecule has 0 aliphatic rings. The van der Waals surface area contributed by atoms with E-state index in [-0.39, 0.29) is 5.56 Å². The average molecular weight is 394 g/mol. The van der Waals surface area contributed by atoms with Crippen molar-refractivity contribution in [2.75, 3.05) is 5.32 Å². The van der Waals surface area contributed by atoms with E-state index in [0.29, 0.717) is 10.6 Å². The number of carbonyl (C=O) groups is 1. The van der Waals surface area contributed by atoms with Crippen molar-refractivity contribution in [2.24, 2.45) is 0 Å². The van der Waals surface area contributed by atoms with Crippen molar-refractivity contribution in [3.05, 3.63) is 80.4 Å². The lowest BCUT2D eigenvalue weighted by Gasteiger charge is -2.02. The van der Waals surface area contributed by atoms with Gasteiger partial charge in [-0.05, 0) is 11.5 Å². The number of rotatable bonds is 4. The molecule has 0 fully saturated rings. The van der Waals surface area contributed by atoms with Gasteiger partial charge < -0.3 is 0 Å². The third kappa shape index (κ3) is 3.12. The second-order valence-electron chi connectivity index (χ2n) is 5.86. The quantitative estimate of drug-likeness (QED) is 0.400. The SMILES string of the molecule is O=C(Nc1nc2ccc3ccccc3c2s1)c1cc([N+](=O)[O-])cc([N+](=O)[O-])c1. The van der Waals surface area contributed by atoms with Crippen LogP contribution >= 0.6 is 11.3 Å². The Hall–Kier alpha value is -3.92. The molecule has 0 spiro atoms. The van der Waals surface area contributed by atoms with Crippen LogP contribution in [-0.2, 0) is 0 Å². The molecule has 138 valence electrons. The summed E-state index contributed by atoms with van der Waals surface area (Å²) >= 11 is 1.26. The van der Waals surface area contributed by atoms with E-state index in [9.17, 15) is 25.0 Å². The molecule has 4 aromatic rings. The fraction of sp³-hybridized carbons (Fsp3) is 0. The van der Waals surface area contributed by atoms with E-state index in [0.717, 1.165) is 33.7 Å². The Bertz CT molecular complexity index is 1250. The third-order valence-electron chi connectivity index (χ3n) is 4.09. The topological polar surface area (TPSA) is 128 Å². The number of amides is 1. The van der Waals surface area contributed by atoms with Crippen LogP contribution in [0.3, 0.4) is 0 Å². The molecule has 1 aromatic heterocycles. The van der Waals surface area contributed by atoms with Gasteiger partial charge in [-0.3, -0.25) is 30.3 Å². The Morgan fingerprint density at radius 3 is 2.32 bits per heavy atom. The second kappa shape index (κ2) is 6.67. The first-order chi connectivity index (χ1) is 13.4. The van der Waals surface area contributed by atoms with E-state index in [1.54, 1.807) is 0 Å².